The zero-order chi connectivity index (χ0) is 15.7. The number of ether oxygens (including phenoxy) is 1. The number of halogens is 1. The standard InChI is InChI=1S/C14H28N6O.HI/c1-11(2)6-8-21-9-7-16-14(15-4)17-10-13-19-18-12(3)20(13)5;/h11H,6-10H2,1-5H3,(H2,15,16,17);1H. The van der Waals surface area contributed by atoms with Gasteiger partial charge in [0.05, 0.1) is 13.2 Å². The molecule has 0 bridgehead atoms. The van der Waals surface area contributed by atoms with Gasteiger partial charge in [-0.2, -0.15) is 0 Å². The van der Waals surface area contributed by atoms with Gasteiger partial charge in [0.1, 0.15) is 5.82 Å². The fraction of sp³-hybridized carbons (Fsp3) is 0.786. The van der Waals surface area contributed by atoms with Gasteiger partial charge in [-0.3, -0.25) is 4.99 Å². The van der Waals surface area contributed by atoms with Crippen LogP contribution < -0.4 is 10.6 Å². The Morgan fingerprint density at radius 1 is 1.27 bits per heavy atom. The molecule has 22 heavy (non-hydrogen) atoms. The van der Waals surface area contributed by atoms with Crippen LogP contribution in [0, 0.1) is 12.8 Å². The molecule has 2 N–H and O–H groups in total. The first-order valence-corrected chi connectivity index (χ1v) is 7.41. The Morgan fingerprint density at radius 2 is 2.00 bits per heavy atom. The van der Waals surface area contributed by atoms with Crippen molar-refractivity contribution < 1.29 is 4.74 Å². The van der Waals surface area contributed by atoms with E-state index < -0.39 is 0 Å². The Kier molecular flexibility index (Phi) is 11.2. The van der Waals surface area contributed by atoms with Crippen LogP contribution in [0.3, 0.4) is 0 Å². The summed E-state index contributed by atoms with van der Waals surface area (Å²) in [5, 5.41) is 14.5. The summed E-state index contributed by atoms with van der Waals surface area (Å²) in [4.78, 5) is 4.17. The van der Waals surface area contributed by atoms with Crippen LogP contribution in [0.25, 0.3) is 0 Å². The van der Waals surface area contributed by atoms with Crippen molar-refractivity contribution in [2.75, 3.05) is 26.8 Å². The van der Waals surface area contributed by atoms with E-state index in [0.29, 0.717) is 19.1 Å². The molecule has 0 aromatic carbocycles. The maximum atomic E-state index is 5.55. The Labute approximate surface area is 150 Å². The van der Waals surface area contributed by atoms with Crippen LogP contribution >= 0.6 is 24.0 Å². The van der Waals surface area contributed by atoms with Gasteiger partial charge in [0.2, 0.25) is 0 Å². The third-order valence-corrected chi connectivity index (χ3v) is 3.20. The van der Waals surface area contributed by atoms with Gasteiger partial charge in [-0.1, -0.05) is 13.8 Å². The van der Waals surface area contributed by atoms with Gasteiger partial charge in [0.15, 0.2) is 11.8 Å². The maximum Gasteiger partial charge on any atom is 0.191 e. The average Bonchev–Trinajstić information content (AvgIpc) is 2.77. The number of hydrogen-bond donors (Lipinski definition) is 2. The molecule has 1 aromatic rings. The van der Waals surface area contributed by atoms with Crippen LogP contribution in [0.1, 0.15) is 31.9 Å². The molecule has 1 rings (SSSR count). The molecule has 0 saturated heterocycles. The number of aryl methyl sites for hydroxylation is 1. The van der Waals surface area contributed by atoms with Crippen molar-refractivity contribution in [1.29, 1.82) is 0 Å². The van der Waals surface area contributed by atoms with Crippen LogP contribution in [0.2, 0.25) is 0 Å². The summed E-state index contributed by atoms with van der Waals surface area (Å²) in [6.07, 6.45) is 1.10. The van der Waals surface area contributed by atoms with E-state index in [1.807, 2.05) is 18.5 Å². The quantitative estimate of drug-likeness (QED) is 0.286. The first-order valence-electron chi connectivity index (χ1n) is 7.41. The Morgan fingerprint density at radius 3 is 2.55 bits per heavy atom. The highest BCUT2D eigenvalue weighted by atomic mass is 127. The molecule has 0 aliphatic heterocycles. The van der Waals surface area contributed by atoms with Crippen molar-refractivity contribution in [2.45, 2.75) is 33.7 Å². The molecule has 1 aromatic heterocycles. The van der Waals surface area contributed by atoms with Gasteiger partial charge in [-0.25, -0.2) is 0 Å². The third-order valence-electron chi connectivity index (χ3n) is 3.20. The minimum absolute atomic E-state index is 0. The summed E-state index contributed by atoms with van der Waals surface area (Å²) in [6, 6.07) is 0. The smallest absolute Gasteiger partial charge is 0.191 e. The molecule has 1 heterocycles. The highest BCUT2D eigenvalue weighted by molar-refractivity contribution is 14.0. The van der Waals surface area contributed by atoms with Gasteiger partial charge in [0.25, 0.3) is 0 Å². The lowest BCUT2D eigenvalue weighted by molar-refractivity contribution is 0.128. The summed E-state index contributed by atoms with van der Waals surface area (Å²) in [7, 11) is 3.70. The second kappa shape index (κ2) is 11.6. The Hall–Kier alpha value is -0.900. The van der Waals surface area contributed by atoms with Gasteiger partial charge >= 0.3 is 0 Å². The molecule has 0 unspecified atom stereocenters. The number of guanidine groups is 1. The molecule has 7 nitrogen and oxygen atoms in total. The molecule has 8 heteroatoms. The minimum Gasteiger partial charge on any atom is -0.380 e. The van der Waals surface area contributed by atoms with E-state index in [0.717, 1.165) is 37.2 Å². The average molecular weight is 424 g/mol. The lowest BCUT2D eigenvalue weighted by Gasteiger charge is -2.12. The zero-order valence-electron chi connectivity index (χ0n) is 14.2. The van der Waals surface area contributed by atoms with Gasteiger partial charge in [-0.05, 0) is 19.3 Å². The predicted octanol–water partition coefficient (Wildman–Crippen LogP) is 1.47. The second-order valence-corrected chi connectivity index (χ2v) is 5.37. The minimum atomic E-state index is 0. The van der Waals surface area contributed by atoms with Crippen molar-refractivity contribution in [3.05, 3.63) is 11.6 Å². The highest BCUT2D eigenvalue weighted by Gasteiger charge is 2.05. The van der Waals surface area contributed by atoms with Crippen molar-refractivity contribution in [1.82, 2.24) is 25.4 Å². The Bertz CT molecular complexity index is 447. The molecule has 0 saturated carbocycles. The van der Waals surface area contributed by atoms with Crippen LogP contribution in [-0.2, 0) is 18.3 Å². The van der Waals surface area contributed by atoms with Gasteiger partial charge < -0.3 is 19.9 Å². The fourth-order valence-electron chi connectivity index (χ4n) is 1.65. The van der Waals surface area contributed by atoms with Crippen molar-refractivity contribution in [2.24, 2.45) is 18.0 Å². The fourth-order valence-corrected chi connectivity index (χ4v) is 1.65. The number of aromatic nitrogens is 3. The monoisotopic (exact) mass is 424 g/mol. The van der Waals surface area contributed by atoms with Gasteiger partial charge in [0, 0.05) is 27.2 Å². The normalized spacial score (nSPS) is 11.5. The van der Waals surface area contributed by atoms with Crippen molar-refractivity contribution in [3.63, 3.8) is 0 Å². The number of nitrogens with one attached hydrogen (secondary N) is 2. The van der Waals surface area contributed by atoms with E-state index in [-0.39, 0.29) is 24.0 Å². The summed E-state index contributed by atoms with van der Waals surface area (Å²) in [5.41, 5.74) is 0. The van der Waals surface area contributed by atoms with Crippen LogP contribution in [-0.4, -0.2) is 47.5 Å². The second-order valence-electron chi connectivity index (χ2n) is 5.37. The van der Waals surface area contributed by atoms with E-state index in [1.54, 1.807) is 7.05 Å². The predicted molar refractivity (Wildman–Crippen MR) is 99.6 cm³/mol. The maximum absolute atomic E-state index is 5.55. The highest BCUT2D eigenvalue weighted by Crippen LogP contribution is 1.98. The summed E-state index contributed by atoms with van der Waals surface area (Å²) in [5.74, 6) is 3.20. The first-order chi connectivity index (χ1) is 10.0. The lowest BCUT2D eigenvalue weighted by Crippen LogP contribution is -2.39. The number of hydrogen-bond acceptors (Lipinski definition) is 4. The van der Waals surface area contributed by atoms with E-state index in [1.165, 1.54) is 0 Å². The number of rotatable bonds is 8. The molecule has 0 spiro atoms. The lowest BCUT2D eigenvalue weighted by atomic mass is 10.1. The van der Waals surface area contributed by atoms with Crippen molar-refractivity contribution in [3.8, 4) is 0 Å². The molecule has 0 amide bonds. The van der Waals surface area contributed by atoms with E-state index in [9.17, 15) is 0 Å². The number of nitrogens with zero attached hydrogens (tertiary/aromatic N) is 4. The molecular weight excluding hydrogens is 395 g/mol. The van der Waals surface area contributed by atoms with E-state index in [2.05, 4.69) is 39.7 Å². The largest absolute Gasteiger partial charge is 0.380 e. The third kappa shape index (κ3) is 7.92. The molecule has 0 atom stereocenters. The summed E-state index contributed by atoms with van der Waals surface area (Å²) < 4.78 is 7.51. The summed E-state index contributed by atoms with van der Waals surface area (Å²) in [6.45, 7) is 9.13. The first kappa shape index (κ1) is 21.1. The molecule has 128 valence electrons. The SMILES string of the molecule is CN=C(NCCOCCC(C)C)NCc1nnc(C)n1C.I. The van der Waals surface area contributed by atoms with E-state index in [4.69, 9.17) is 4.74 Å². The van der Waals surface area contributed by atoms with Crippen molar-refractivity contribution >= 4 is 29.9 Å². The molecule has 0 fully saturated rings. The molecule has 0 aliphatic carbocycles. The summed E-state index contributed by atoms with van der Waals surface area (Å²) >= 11 is 0. The molecule has 0 radical (unpaired) electrons. The van der Waals surface area contributed by atoms with Gasteiger partial charge in [-0.15, -0.1) is 34.2 Å². The molecule has 0 aliphatic rings. The van der Waals surface area contributed by atoms with Crippen LogP contribution in [0.15, 0.2) is 4.99 Å². The zero-order valence-corrected chi connectivity index (χ0v) is 16.5. The van der Waals surface area contributed by atoms with E-state index >= 15 is 0 Å². The topological polar surface area (TPSA) is 76.4 Å². The van der Waals surface area contributed by atoms with Crippen LogP contribution in [0.5, 0.6) is 0 Å². The Balaban J connectivity index is 0.00000441. The molecular formula is C14H29IN6O. The van der Waals surface area contributed by atoms with Crippen LogP contribution in [0.4, 0.5) is 0 Å². The number of aliphatic imine (C=N–C) groups is 1.